The van der Waals surface area contributed by atoms with Gasteiger partial charge < -0.3 is 9.88 Å². The summed E-state index contributed by atoms with van der Waals surface area (Å²) in [6, 6.07) is 8.05. The fourth-order valence-electron chi connectivity index (χ4n) is 3.32. The van der Waals surface area contributed by atoms with E-state index in [4.69, 9.17) is 4.98 Å². The van der Waals surface area contributed by atoms with Crippen molar-refractivity contribution in [1.29, 1.82) is 0 Å². The zero-order valence-corrected chi connectivity index (χ0v) is 15.5. The van der Waals surface area contributed by atoms with E-state index < -0.39 is 0 Å². The number of thioether (sulfide) groups is 1. The van der Waals surface area contributed by atoms with E-state index in [1.54, 1.807) is 18.5 Å². The van der Waals surface area contributed by atoms with Gasteiger partial charge in [-0.05, 0) is 43.5 Å². The lowest BCUT2D eigenvalue weighted by Gasteiger charge is -2.31. The van der Waals surface area contributed by atoms with Crippen LogP contribution in [0.5, 0.6) is 0 Å². The van der Waals surface area contributed by atoms with Gasteiger partial charge in [0.15, 0.2) is 5.16 Å². The lowest BCUT2D eigenvalue weighted by Crippen LogP contribution is -2.39. The number of benzene rings is 1. The predicted octanol–water partition coefficient (Wildman–Crippen LogP) is 3.16. The van der Waals surface area contributed by atoms with Crippen molar-refractivity contribution in [3.63, 3.8) is 0 Å². The van der Waals surface area contributed by atoms with Crippen LogP contribution < -0.4 is 0 Å². The average Bonchev–Trinajstić information content (AvgIpc) is 3.10. The molecule has 0 aliphatic carbocycles. The third-order valence-electron chi connectivity index (χ3n) is 4.76. The third-order valence-corrected chi connectivity index (χ3v) is 5.62. The minimum Gasteiger partial charge on any atom is -0.342 e. The van der Waals surface area contributed by atoms with Crippen LogP contribution in [0, 0.1) is 6.92 Å². The number of piperidine rings is 1. The van der Waals surface area contributed by atoms with Gasteiger partial charge in [-0.25, -0.2) is 15.0 Å². The van der Waals surface area contributed by atoms with Crippen LogP contribution >= 0.6 is 11.8 Å². The van der Waals surface area contributed by atoms with Gasteiger partial charge in [0, 0.05) is 31.4 Å². The molecule has 1 saturated heterocycles. The highest BCUT2D eigenvalue weighted by Gasteiger charge is 2.25. The number of hydrogen-bond donors (Lipinski definition) is 1. The van der Waals surface area contributed by atoms with E-state index in [-0.39, 0.29) is 5.91 Å². The molecule has 1 amide bonds. The molecule has 0 atom stereocenters. The molecule has 1 N–H and O–H groups in total. The molecule has 4 rings (SSSR count). The van der Waals surface area contributed by atoms with Gasteiger partial charge in [-0.15, -0.1) is 0 Å². The average molecular weight is 367 g/mol. The number of amides is 1. The van der Waals surface area contributed by atoms with Crippen molar-refractivity contribution in [2.75, 3.05) is 18.8 Å². The van der Waals surface area contributed by atoms with Gasteiger partial charge in [0.25, 0.3) is 0 Å². The van der Waals surface area contributed by atoms with Gasteiger partial charge in [-0.3, -0.25) is 4.79 Å². The number of imidazole rings is 1. The van der Waals surface area contributed by atoms with Crippen molar-refractivity contribution in [3.05, 3.63) is 48.0 Å². The number of aryl methyl sites for hydroxylation is 1. The summed E-state index contributed by atoms with van der Waals surface area (Å²) < 4.78 is 0. The quantitative estimate of drug-likeness (QED) is 0.566. The van der Waals surface area contributed by atoms with E-state index in [0.29, 0.717) is 16.8 Å². The fourth-order valence-corrected chi connectivity index (χ4v) is 4.02. The van der Waals surface area contributed by atoms with Crippen molar-refractivity contribution in [1.82, 2.24) is 24.8 Å². The molecular weight excluding hydrogens is 346 g/mol. The zero-order valence-electron chi connectivity index (χ0n) is 14.7. The second-order valence-electron chi connectivity index (χ2n) is 6.62. The third kappa shape index (κ3) is 3.72. The first-order valence-corrected chi connectivity index (χ1v) is 9.81. The van der Waals surface area contributed by atoms with Crippen molar-refractivity contribution in [2.24, 2.45) is 0 Å². The normalized spacial score (nSPS) is 15.5. The largest absolute Gasteiger partial charge is 0.342 e. The standard InChI is InChI=1S/C19H21N5OS/c1-13-3-4-15-16(11-13)23-18(22-15)14-5-9-24(10-6-14)17(25)12-26-19-20-7-2-8-21-19/h2-4,7-8,11,14H,5-6,9-10,12H2,1H3,(H,22,23). The number of nitrogens with one attached hydrogen (secondary N) is 1. The molecule has 0 bridgehead atoms. The number of aromatic nitrogens is 4. The number of carbonyl (C=O) groups is 1. The minimum absolute atomic E-state index is 0.154. The Morgan fingerprint density at radius 3 is 2.81 bits per heavy atom. The van der Waals surface area contributed by atoms with Gasteiger partial charge in [-0.2, -0.15) is 0 Å². The van der Waals surface area contributed by atoms with Crippen LogP contribution in [0.1, 0.15) is 30.1 Å². The molecule has 0 radical (unpaired) electrons. The summed E-state index contributed by atoms with van der Waals surface area (Å²) in [7, 11) is 0. The summed E-state index contributed by atoms with van der Waals surface area (Å²) in [6.07, 6.45) is 5.27. The summed E-state index contributed by atoms with van der Waals surface area (Å²) in [4.78, 5) is 30.9. The van der Waals surface area contributed by atoms with Crippen LogP contribution in [0.15, 0.2) is 41.8 Å². The highest BCUT2D eigenvalue weighted by atomic mass is 32.2. The number of hydrogen-bond acceptors (Lipinski definition) is 5. The molecule has 0 saturated carbocycles. The van der Waals surface area contributed by atoms with E-state index >= 15 is 0 Å². The molecular formula is C19H21N5OS. The van der Waals surface area contributed by atoms with Crippen LogP contribution in [0.3, 0.4) is 0 Å². The van der Waals surface area contributed by atoms with Crippen LogP contribution in [-0.4, -0.2) is 49.6 Å². The summed E-state index contributed by atoms with van der Waals surface area (Å²) >= 11 is 1.39. The maximum absolute atomic E-state index is 12.4. The summed E-state index contributed by atoms with van der Waals surface area (Å²) in [5.41, 5.74) is 3.34. The van der Waals surface area contributed by atoms with Crippen molar-refractivity contribution < 1.29 is 4.79 Å². The Hall–Kier alpha value is -2.41. The molecule has 6 nitrogen and oxygen atoms in total. The second-order valence-corrected chi connectivity index (χ2v) is 7.56. The fraction of sp³-hybridized carbons (Fsp3) is 0.368. The first-order valence-electron chi connectivity index (χ1n) is 8.83. The Bertz CT molecular complexity index is 903. The number of fused-ring (bicyclic) bond motifs is 1. The van der Waals surface area contributed by atoms with Crippen LogP contribution in [0.4, 0.5) is 0 Å². The second kappa shape index (κ2) is 7.45. The Labute approximate surface area is 156 Å². The number of aromatic amines is 1. The van der Waals surface area contributed by atoms with Crippen LogP contribution in [0.25, 0.3) is 11.0 Å². The molecule has 0 spiro atoms. The number of rotatable bonds is 4. The Balaban J connectivity index is 1.33. The van der Waals surface area contributed by atoms with Crippen LogP contribution in [-0.2, 0) is 4.79 Å². The highest BCUT2D eigenvalue weighted by molar-refractivity contribution is 7.99. The topological polar surface area (TPSA) is 74.8 Å². The van der Waals surface area contributed by atoms with Gasteiger partial charge in [0.2, 0.25) is 5.91 Å². The molecule has 1 aromatic carbocycles. The molecule has 3 aromatic rings. The van der Waals surface area contributed by atoms with Crippen molar-refractivity contribution in [2.45, 2.75) is 30.8 Å². The molecule has 3 heterocycles. The van der Waals surface area contributed by atoms with E-state index in [1.165, 1.54) is 17.3 Å². The molecule has 1 aliphatic heterocycles. The SMILES string of the molecule is Cc1ccc2nc(C3CCN(C(=O)CSc4ncccn4)CC3)[nH]c2c1. The smallest absolute Gasteiger partial charge is 0.233 e. The van der Waals surface area contributed by atoms with Gasteiger partial charge in [0.05, 0.1) is 16.8 Å². The lowest BCUT2D eigenvalue weighted by atomic mass is 9.96. The predicted molar refractivity (Wildman–Crippen MR) is 102 cm³/mol. The van der Waals surface area contributed by atoms with Crippen molar-refractivity contribution in [3.8, 4) is 0 Å². The number of H-pyrrole nitrogens is 1. The molecule has 0 unspecified atom stereocenters. The maximum Gasteiger partial charge on any atom is 0.233 e. The number of carbonyl (C=O) groups excluding carboxylic acids is 1. The van der Waals surface area contributed by atoms with E-state index in [2.05, 4.69) is 40.1 Å². The van der Waals surface area contributed by atoms with E-state index in [9.17, 15) is 4.79 Å². The van der Waals surface area contributed by atoms with Gasteiger partial charge in [-0.1, -0.05) is 17.8 Å². The van der Waals surface area contributed by atoms with E-state index in [1.807, 2.05) is 4.90 Å². The monoisotopic (exact) mass is 367 g/mol. The Morgan fingerprint density at radius 2 is 2.04 bits per heavy atom. The van der Waals surface area contributed by atoms with Crippen LogP contribution in [0.2, 0.25) is 0 Å². The van der Waals surface area contributed by atoms with Crippen molar-refractivity contribution >= 4 is 28.7 Å². The Kier molecular flexibility index (Phi) is 4.88. The summed E-state index contributed by atoms with van der Waals surface area (Å²) in [5.74, 6) is 1.97. The molecule has 26 heavy (non-hydrogen) atoms. The van der Waals surface area contributed by atoms with E-state index in [0.717, 1.165) is 42.8 Å². The lowest BCUT2D eigenvalue weighted by molar-refractivity contribution is -0.129. The number of likely N-dealkylation sites (tertiary alicyclic amines) is 1. The first kappa shape index (κ1) is 17.0. The molecule has 1 fully saturated rings. The maximum atomic E-state index is 12.4. The summed E-state index contributed by atoms with van der Waals surface area (Å²) in [6.45, 7) is 3.63. The molecule has 2 aromatic heterocycles. The summed E-state index contributed by atoms with van der Waals surface area (Å²) in [5, 5.41) is 0.647. The molecule has 7 heteroatoms. The number of nitrogens with zero attached hydrogens (tertiary/aromatic N) is 4. The zero-order chi connectivity index (χ0) is 17.9. The minimum atomic E-state index is 0.154. The van der Waals surface area contributed by atoms with Gasteiger partial charge >= 0.3 is 0 Å². The molecule has 1 aliphatic rings. The first-order chi connectivity index (χ1) is 12.7. The molecule has 134 valence electrons. The van der Waals surface area contributed by atoms with Gasteiger partial charge in [0.1, 0.15) is 5.82 Å². The Morgan fingerprint density at radius 1 is 1.27 bits per heavy atom. The highest BCUT2D eigenvalue weighted by Crippen LogP contribution is 2.28.